The second-order valence-electron chi connectivity index (χ2n) is 9.07. The van der Waals surface area contributed by atoms with Crippen LogP contribution < -0.4 is 9.47 Å². The van der Waals surface area contributed by atoms with E-state index in [9.17, 15) is 4.79 Å². The van der Waals surface area contributed by atoms with E-state index in [-0.39, 0.29) is 0 Å². The zero-order valence-electron chi connectivity index (χ0n) is 19.6. The lowest BCUT2D eigenvalue weighted by molar-refractivity contribution is -0.164. The number of hydrogen-bond acceptors (Lipinski definition) is 5. The summed E-state index contributed by atoms with van der Waals surface area (Å²) in [6, 6.07) is 21.5. The molecule has 0 bridgehead atoms. The van der Waals surface area contributed by atoms with Crippen molar-refractivity contribution in [1.29, 1.82) is 0 Å². The highest BCUT2D eigenvalue weighted by Gasteiger charge is 2.30. The lowest BCUT2D eigenvalue weighted by Gasteiger charge is -2.28. The Morgan fingerprint density at radius 3 is 2.48 bits per heavy atom. The monoisotopic (exact) mass is 446 g/mol. The molecule has 0 saturated heterocycles. The van der Waals surface area contributed by atoms with Crippen molar-refractivity contribution in [3.8, 4) is 28.4 Å². The fourth-order valence-corrected chi connectivity index (χ4v) is 3.93. The molecule has 0 aliphatic carbocycles. The minimum atomic E-state index is -0.872. The van der Waals surface area contributed by atoms with Crippen LogP contribution in [-0.4, -0.2) is 25.3 Å². The Kier molecular flexibility index (Phi) is 6.70. The van der Waals surface area contributed by atoms with E-state index in [2.05, 4.69) is 6.07 Å². The quantitative estimate of drug-likeness (QED) is 0.405. The smallest absolute Gasteiger partial charge is 0.339 e. The maximum atomic E-state index is 12.8. The SMILES string of the molecule is COC(=O)C(OC(C)(C)C)c1ccc(Oc2ccccc2)cc1-c1ccc2c(c1)CCCO2. The summed E-state index contributed by atoms with van der Waals surface area (Å²) in [5.74, 6) is 1.89. The first kappa shape index (κ1) is 22.9. The summed E-state index contributed by atoms with van der Waals surface area (Å²) in [5, 5.41) is 0. The van der Waals surface area contributed by atoms with Crippen molar-refractivity contribution >= 4 is 5.97 Å². The van der Waals surface area contributed by atoms with Gasteiger partial charge in [-0.1, -0.05) is 30.3 Å². The van der Waals surface area contributed by atoms with Crippen molar-refractivity contribution in [3.63, 3.8) is 0 Å². The van der Waals surface area contributed by atoms with Crippen molar-refractivity contribution < 1.29 is 23.7 Å². The largest absolute Gasteiger partial charge is 0.493 e. The van der Waals surface area contributed by atoms with Crippen LogP contribution >= 0.6 is 0 Å². The lowest BCUT2D eigenvalue weighted by atomic mass is 9.92. The molecule has 0 saturated carbocycles. The predicted octanol–water partition coefficient (Wildman–Crippen LogP) is 6.50. The third kappa shape index (κ3) is 5.55. The van der Waals surface area contributed by atoms with Crippen LogP contribution in [0.3, 0.4) is 0 Å². The average Bonchev–Trinajstić information content (AvgIpc) is 2.82. The topological polar surface area (TPSA) is 54.0 Å². The Balaban J connectivity index is 1.82. The number of esters is 1. The molecule has 1 heterocycles. The van der Waals surface area contributed by atoms with Gasteiger partial charge in [-0.3, -0.25) is 0 Å². The highest BCUT2D eigenvalue weighted by atomic mass is 16.6. The first-order chi connectivity index (χ1) is 15.8. The number of fused-ring (bicyclic) bond motifs is 1. The van der Waals surface area contributed by atoms with Gasteiger partial charge in [0, 0.05) is 5.56 Å². The van der Waals surface area contributed by atoms with Crippen molar-refractivity contribution in [1.82, 2.24) is 0 Å². The molecule has 5 heteroatoms. The molecule has 1 atom stereocenters. The molecule has 3 aromatic carbocycles. The molecule has 4 rings (SSSR count). The number of benzene rings is 3. The third-order valence-corrected chi connectivity index (χ3v) is 5.39. The zero-order chi connectivity index (χ0) is 23.4. The van der Waals surface area contributed by atoms with E-state index in [1.54, 1.807) is 0 Å². The van der Waals surface area contributed by atoms with Crippen LogP contribution in [0.25, 0.3) is 11.1 Å². The summed E-state index contributed by atoms with van der Waals surface area (Å²) in [7, 11) is 1.38. The van der Waals surface area contributed by atoms with Gasteiger partial charge in [0.1, 0.15) is 17.2 Å². The van der Waals surface area contributed by atoms with Crippen molar-refractivity contribution in [3.05, 3.63) is 77.9 Å². The first-order valence-corrected chi connectivity index (χ1v) is 11.2. The van der Waals surface area contributed by atoms with Gasteiger partial charge in [0.2, 0.25) is 0 Å². The summed E-state index contributed by atoms with van der Waals surface area (Å²) in [6.45, 7) is 6.50. The highest BCUT2D eigenvalue weighted by Crippen LogP contribution is 2.39. The molecular weight excluding hydrogens is 416 g/mol. The zero-order valence-corrected chi connectivity index (χ0v) is 19.6. The van der Waals surface area contributed by atoms with Crippen LogP contribution in [0.4, 0.5) is 0 Å². The molecule has 0 fully saturated rings. The predicted molar refractivity (Wildman–Crippen MR) is 128 cm³/mol. The van der Waals surface area contributed by atoms with Crippen LogP contribution in [-0.2, 0) is 20.7 Å². The molecule has 33 heavy (non-hydrogen) atoms. The summed E-state index contributed by atoms with van der Waals surface area (Å²) in [6.07, 6.45) is 1.07. The van der Waals surface area contributed by atoms with Crippen LogP contribution in [0.5, 0.6) is 17.2 Å². The minimum Gasteiger partial charge on any atom is -0.493 e. The molecule has 1 aliphatic heterocycles. The van der Waals surface area contributed by atoms with E-state index >= 15 is 0 Å². The van der Waals surface area contributed by atoms with E-state index in [0.29, 0.717) is 5.75 Å². The molecular formula is C28H30O5. The van der Waals surface area contributed by atoms with Gasteiger partial charge in [-0.15, -0.1) is 0 Å². The summed E-state index contributed by atoms with van der Waals surface area (Å²) >= 11 is 0. The Bertz CT molecular complexity index is 1110. The number of para-hydroxylation sites is 1. The van der Waals surface area contributed by atoms with Crippen LogP contribution in [0, 0.1) is 0 Å². The Hall–Kier alpha value is -3.31. The van der Waals surface area contributed by atoms with E-state index in [1.807, 2.05) is 81.4 Å². The van der Waals surface area contributed by atoms with Gasteiger partial charge in [-0.05, 0) is 86.7 Å². The average molecular weight is 447 g/mol. The van der Waals surface area contributed by atoms with Gasteiger partial charge >= 0.3 is 5.97 Å². The maximum absolute atomic E-state index is 12.8. The fourth-order valence-electron chi connectivity index (χ4n) is 3.93. The van der Waals surface area contributed by atoms with Crippen molar-refractivity contribution in [2.45, 2.75) is 45.3 Å². The number of aryl methyl sites for hydroxylation is 1. The third-order valence-electron chi connectivity index (χ3n) is 5.39. The second-order valence-corrected chi connectivity index (χ2v) is 9.07. The van der Waals surface area contributed by atoms with E-state index in [0.717, 1.165) is 53.2 Å². The minimum absolute atomic E-state index is 0.441. The summed E-state index contributed by atoms with van der Waals surface area (Å²) in [4.78, 5) is 12.8. The van der Waals surface area contributed by atoms with Gasteiger partial charge in [0.05, 0.1) is 19.3 Å². The van der Waals surface area contributed by atoms with Gasteiger partial charge in [0.25, 0.3) is 0 Å². The normalized spacial score (nSPS) is 14.1. The number of hydrogen-bond donors (Lipinski definition) is 0. The number of rotatable bonds is 6. The van der Waals surface area contributed by atoms with Gasteiger partial charge < -0.3 is 18.9 Å². The van der Waals surface area contributed by atoms with Crippen LogP contribution in [0.15, 0.2) is 66.7 Å². The molecule has 0 amide bonds. The lowest BCUT2D eigenvalue weighted by Crippen LogP contribution is -2.28. The maximum Gasteiger partial charge on any atom is 0.339 e. The fraction of sp³-hybridized carbons (Fsp3) is 0.321. The van der Waals surface area contributed by atoms with Gasteiger partial charge in [-0.2, -0.15) is 0 Å². The molecule has 0 N–H and O–H groups in total. The number of carbonyl (C=O) groups is 1. The Morgan fingerprint density at radius 2 is 1.76 bits per heavy atom. The second kappa shape index (κ2) is 9.67. The van der Waals surface area contributed by atoms with Crippen LogP contribution in [0.1, 0.15) is 44.4 Å². The standard InChI is InChI=1S/C28H30O5/c1-28(2,3)33-26(27(29)30-4)23-14-13-22(32-21-10-6-5-7-11-21)18-24(23)19-12-15-25-20(17-19)9-8-16-31-25/h5-7,10-15,17-18,26H,8-9,16H2,1-4H3. The molecule has 0 spiro atoms. The molecule has 0 aromatic heterocycles. The first-order valence-electron chi connectivity index (χ1n) is 11.2. The molecule has 1 unspecified atom stereocenters. The number of carbonyl (C=O) groups excluding carboxylic acids is 1. The molecule has 0 radical (unpaired) electrons. The molecule has 5 nitrogen and oxygen atoms in total. The van der Waals surface area contributed by atoms with E-state index in [4.69, 9.17) is 18.9 Å². The Morgan fingerprint density at radius 1 is 0.970 bits per heavy atom. The summed E-state index contributed by atoms with van der Waals surface area (Å²) < 4.78 is 23.2. The number of ether oxygens (including phenoxy) is 4. The summed E-state index contributed by atoms with van der Waals surface area (Å²) in [5.41, 5.74) is 3.17. The number of methoxy groups -OCH3 is 1. The molecule has 172 valence electrons. The van der Waals surface area contributed by atoms with E-state index < -0.39 is 17.7 Å². The Labute approximate surface area is 195 Å². The molecule has 3 aromatic rings. The molecule has 1 aliphatic rings. The highest BCUT2D eigenvalue weighted by molar-refractivity contribution is 5.82. The van der Waals surface area contributed by atoms with Crippen molar-refractivity contribution in [2.24, 2.45) is 0 Å². The van der Waals surface area contributed by atoms with Crippen molar-refractivity contribution in [2.75, 3.05) is 13.7 Å². The van der Waals surface area contributed by atoms with Crippen LogP contribution in [0.2, 0.25) is 0 Å². The van der Waals surface area contributed by atoms with Gasteiger partial charge in [0.15, 0.2) is 6.10 Å². The van der Waals surface area contributed by atoms with E-state index in [1.165, 1.54) is 7.11 Å². The van der Waals surface area contributed by atoms with Gasteiger partial charge in [-0.25, -0.2) is 4.79 Å².